The second-order valence-corrected chi connectivity index (χ2v) is 6.76. The molecule has 0 radical (unpaired) electrons. The molecule has 0 unspecified atom stereocenters. The van der Waals surface area contributed by atoms with Crippen molar-refractivity contribution in [2.75, 3.05) is 13.2 Å². The minimum Gasteiger partial charge on any atom is -0.488 e. The van der Waals surface area contributed by atoms with Crippen LogP contribution in [0.15, 0.2) is 24.3 Å². The normalized spacial score (nSPS) is 11.9. The second kappa shape index (κ2) is 9.28. The number of carbonyl (C=O) groups is 1. The van der Waals surface area contributed by atoms with Crippen LogP contribution in [0.2, 0.25) is 15.2 Å². The maximum absolute atomic E-state index is 14.5. The zero-order valence-electron chi connectivity index (χ0n) is 15.0. The van der Waals surface area contributed by atoms with Gasteiger partial charge in [-0.3, -0.25) is 0 Å². The maximum atomic E-state index is 14.5. The van der Waals surface area contributed by atoms with Gasteiger partial charge in [-0.1, -0.05) is 34.8 Å². The first-order valence-electron chi connectivity index (χ1n) is 8.05. The molecule has 0 aliphatic heterocycles. The van der Waals surface area contributed by atoms with Crippen molar-refractivity contribution in [3.63, 3.8) is 0 Å². The van der Waals surface area contributed by atoms with Crippen molar-refractivity contribution in [3.8, 4) is 16.9 Å². The molecule has 0 saturated carbocycles. The first kappa shape index (κ1) is 23.4. The van der Waals surface area contributed by atoms with E-state index in [-0.39, 0.29) is 35.1 Å². The molecule has 2 aromatic rings. The van der Waals surface area contributed by atoms with E-state index in [4.69, 9.17) is 44.3 Å². The highest BCUT2D eigenvalue weighted by molar-refractivity contribution is 6.40. The highest BCUT2D eigenvalue weighted by Crippen LogP contribution is 2.47. The molecule has 1 aromatic carbocycles. The summed E-state index contributed by atoms with van der Waals surface area (Å²) >= 11 is 17.8. The van der Waals surface area contributed by atoms with E-state index in [1.807, 2.05) is 0 Å². The van der Waals surface area contributed by atoms with Crippen molar-refractivity contribution in [1.82, 2.24) is 4.57 Å². The minimum atomic E-state index is -4.80. The lowest BCUT2D eigenvalue weighted by Crippen LogP contribution is -2.11. The van der Waals surface area contributed by atoms with Gasteiger partial charge in [0.25, 0.3) is 0 Å². The molecule has 158 valence electrons. The smallest absolute Gasteiger partial charge is 0.432 e. The predicted octanol–water partition coefficient (Wildman–Crippen LogP) is 6.31. The van der Waals surface area contributed by atoms with Crippen molar-refractivity contribution < 1.29 is 31.8 Å². The van der Waals surface area contributed by atoms with Crippen LogP contribution in [0.5, 0.6) is 5.75 Å². The Morgan fingerprint density at radius 2 is 1.90 bits per heavy atom. The third kappa shape index (κ3) is 5.18. The third-order valence-electron chi connectivity index (χ3n) is 3.70. The number of carbonyl (C=O) groups excluding carboxylic acids is 1. The van der Waals surface area contributed by atoms with Crippen LogP contribution in [0.1, 0.15) is 12.6 Å². The van der Waals surface area contributed by atoms with Gasteiger partial charge in [0.15, 0.2) is 0 Å². The number of nitrogens with zero attached hydrogens (tertiary/aromatic N) is 1. The molecule has 2 rings (SSSR count). The molecular formula is C18H14Cl3F4NO3. The summed E-state index contributed by atoms with van der Waals surface area (Å²) in [5.41, 5.74) is -1.88. The van der Waals surface area contributed by atoms with Gasteiger partial charge in [0, 0.05) is 24.3 Å². The van der Waals surface area contributed by atoms with Gasteiger partial charge in [-0.15, -0.1) is 0 Å². The fraction of sp³-hybridized carbons (Fsp3) is 0.278. The Hall–Kier alpha value is -1.90. The molecule has 0 N–H and O–H groups in total. The van der Waals surface area contributed by atoms with E-state index in [9.17, 15) is 22.4 Å². The quantitative estimate of drug-likeness (QED) is 0.280. The van der Waals surface area contributed by atoms with Crippen molar-refractivity contribution in [3.05, 3.63) is 51.0 Å². The molecule has 29 heavy (non-hydrogen) atoms. The average Bonchev–Trinajstić information content (AvgIpc) is 2.83. The van der Waals surface area contributed by atoms with Crippen molar-refractivity contribution in [2.24, 2.45) is 7.05 Å². The number of hydrogen-bond donors (Lipinski definition) is 0. The summed E-state index contributed by atoms with van der Waals surface area (Å²) in [6.07, 6.45) is -2.34. The molecule has 0 saturated heterocycles. The lowest BCUT2D eigenvalue weighted by atomic mass is 10.1. The van der Waals surface area contributed by atoms with Crippen LogP contribution in [0.25, 0.3) is 11.1 Å². The zero-order valence-corrected chi connectivity index (χ0v) is 17.3. The van der Waals surface area contributed by atoms with Crippen molar-refractivity contribution in [2.45, 2.75) is 13.1 Å². The number of ether oxygens (including phenoxy) is 2. The molecular weight excluding hydrogens is 461 g/mol. The van der Waals surface area contributed by atoms with E-state index < -0.39 is 33.8 Å². The minimum absolute atomic E-state index is 0.0406. The van der Waals surface area contributed by atoms with Crippen LogP contribution in [0.3, 0.4) is 0 Å². The molecule has 11 heteroatoms. The van der Waals surface area contributed by atoms with Crippen LogP contribution >= 0.6 is 34.8 Å². The van der Waals surface area contributed by atoms with Gasteiger partial charge in [0.1, 0.15) is 29.0 Å². The predicted molar refractivity (Wildman–Crippen MR) is 102 cm³/mol. The number of benzene rings is 1. The molecule has 0 spiro atoms. The summed E-state index contributed by atoms with van der Waals surface area (Å²) in [6.45, 7) is 1.72. The molecule has 0 fully saturated rings. The number of halogens is 7. The number of alkyl halides is 3. The molecule has 0 bridgehead atoms. The van der Waals surface area contributed by atoms with Gasteiger partial charge < -0.3 is 14.0 Å². The van der Waals surface area contributed by atoms with Crippen LogP contribution in [0.4, 0.5) is 17.6 Å². The highest BCUT2D eigenvalue weighted by Gasteiger charge is 2.40. The first-order chi connectivity index (χ1) is 13.5. The topological polar surface area (TPSA) is 40.5 Å². The summed E-state index contributed by atoms with van der Waals surface area (Å²) in [5, 5.41) is -1.29. The molecule has 4 nitrogen and oxygen atoms in total. The van der Waals surface area contributed by atoms with Crippen LogP contribution < -0.4 is 4.74 Å². The van der Waals surface area contributed by atoms with Gasteiger partial charge >= 0.3 is 12.1 Å². The lowest BCUT2D eigenvalue weighted by Gasteiger charge is -2.10. The monoisotopic (exact) mass is 473 g/mol. The van der Waals surface area contributed by atoms with Gasteiger partial charge in [-0.2, -0.15) is 13.2 Å². The molecule has 0 aliphatic rings. The Balaban J connectivity index is 2.41. The van der Waals surface area contributed by atoms with Crippen LogP contribution in [0, 0.1) is 5.82 Å². The zero-order chi connectivity index (χ0) is 21.9. The molecule has 1 heterocycles. The summed E-state index contributed by atoms with van der Waals surface area (Å²) in [7, 11) is 1.06. The fourth-order valence-electron chi connectivity index (χ4n) is 2.47. The molecule has 0 amide bonds. The molecule has 0 atom stereocenters. The molecule has 0 aliphatic carbocycles. The Bertz CT molecular complexity index is 955. The van der Waals surface area contributed by atoms with Gasteiger partial charge in [-0.25, -0.2) is 9.18 Å². The highest BCUT2D eigenvalue weighted by atomic mass is 35.5. The first-order valence-corrected chi connectivity index (χ1v) is 9.18. The Labute approximate surface area is 178 Å². The van der Waals surface area contributed by atoms with Gasteiger partial charge in [-0.05, 0) is 25.1 Å². The Morgan fingerprint density at radius 3 is 2.45 bits per heavy atom. The lowest BCUT2D eigenvalue weighted by molar-refractivity contribution is -0.143. The number of esters is 1. The van der Waals surface area contributed by atoms with E-state index in [1.165, 1.54) is 6.08 Å². The standard InChI is InChI=1S/C18H14Cl3F4NO3/c1-3-28-13(27)5-4-6-29-12-7-9(11(22)8-10(12)19)14-15(20)16(18(23,24)25)26(2)17(14)21/h4-5,7-8H,3,6H2,1-2H3. The van der Waals surface area contributed by atoms with E-state index in [0.29, 0.717) is 4.57 Å². The number of rotatable bonds is 6. The van der Waals surface area contributed by atoms with E-state index in [2.05, 4.69) is 0 Å². The largest absolute Gasteiger partial charge is 0.488 e. The molecule has 1 aromatic heterocycles. The van der Waals surface area contributed by atoms with Crippen LogP contribution in [-0.2, 0) is 22.8 Å². The fourth-order valence-corrected chi connectivity index (χ4v) is 3.43. The third-order valence-corrected chi connectivity index (χ3v) is 4.80. The van der Waals surface area contributed by atoms with Crippen LogP contribution in [-0.4, -0.2) is 23.8 Å². The Kier molecular flexibility index (Phi) is 7.48. The second-order valence-electron chi connectivity index (χ2n) is 5.61. The number of hydrogen-bond acceptors (Lipinski definition) is 3. The van der Waals surface area contributed by atoms with Crippen molar-refractivity contribution in [1.29, 1.82) is 0 Å². The van der Waals surface area contributed by atoms with Gasteiger partial charge in [0.05, 0.1) is 16.7 Å². The maximum Gasteiger partial charge on any atom is 0.432 e. The summed E-state index contributed by atoms with van der Waals surface area (Å²) in [4.78, 5) is 11.2. The van der Waals surface area contributed by atoms with E-state index >= 15 is 0 Å². The van der Waals surface area contributed by atoms with E-state index in [1.54, 1.807) is 6.92 Å². The summed E-state index contributed by atoms with van der Waals surface area (Å²) < 4.78 is 64.9. The van der Waals surface area contributed by atoms with Crippen molar-refractivity contribution >= 4 is 40.8 Å². The summed E-state index contributed by atoms with van der Waals surface area (Å²) in [5.74, 6) is -1.56. The van der Waals surface area contributed by atoms with E-state index in [0.717, 1.165) is 25.3 Å². The number of aromatic nitrogens is 1. The van der Waals surface area contributed by atoms with Gasteiger partial charge in [0.2, 0.25) is 0 Å². The average molecular weight is 475 g/mol. The summed E-state index contributed by atoms with van der Waals surface area (Å²) in [6, 6.07) is 1.96. The SMILES string of the molecule is CCOC(=O)C=CCOc1cc(-c2c(Cl)c(C(F)(F)F)n(C)c2Cl)c(F)cc1Cl. The Morgan fingerprint density at radius 1 is 1.24 bits per heavy atom.